The Kier molecular flexibility index (Phi) is 12.7. The van der Waals surface area contributed by atoms with Gasteiger partial charge in [-0.2, -0.15) is 10.5 Å². The average Bonchev–Trinajstić information content (AvgIpc) is 3.83. The minimum absolute atomic E-state index is 0.523. The summed E-state index contributed by atoms with van der Waals surface area (Å²) in [5.74, 6) is 2.34. The number of nitrogens with one attached hydrogen (secondary N) is 2. The van der Waals surface area contributed by atoms with E-state index in [9.17, 15) is 10.5 Å². The lowest BCUT2D eigenvalue weighted by Gasteiger charge is -2.21. The van der Waals surface area contributed by atoms with Gasteiger partial charge in [-0.3, -0.25) is 4.98 Å². The second kappa shape index (κ2) is 18.7. The number of aryl methyl sites for hydroxylation is 2. The lowest BCUT2D eigenvalue weighted by molar-refractivity contribution is 0.373. The van der Waals surface area contributed by atoms with Crippen LogP contribution in [0.5, 0.6) is 0 Å². The molecule has 1 aliphatic rings. The highest BCUT2D eigenvalue weighted by Crippen LogP contribution is 2.29. The molecule has 0 bridgehead atoms. The molecule has 7 aromatic rings. The van der Waals surface area contributed by atoms with Gasteiger partial charge in [-0.25, -0.2) is 29.9 Å². The van der Waals surface area contributed by atoms with Gasteiger partial charge in [0.05, 0.1) is 45.6 Å². The Hall–Kier alpha value is -6.73. The van der Waals surface area contributed by atoms with Gasteiger partial charge in [-0.05, 0) is 81.0 Å². The van der Waals surface area contributed by atoms with Gasteiger partial charge >= 0.3 is 0 Å². The summed E-state index contributed by atoms with van der Waals surface area (Å²) in [5, 5.41) is 26.5. The Bertz CT molecular complexity index is 2470. The van der Waals surface area contributed by atoms with Crippen molar-refractivity contribution in [2.75, 3.05) is 23.7 Å². The zero-order valence-electron chi connectivity index (χ0n) is 32.5. The quantitative estimate of drug-likeness (QED) is 0.117. The number of rotatable bonds is 13. The van der Waals surface area contributed by atoms with Gasteiger partial charge in [-0.15, -0.1) is 0 Å². The average molecular weight is 758 g/mol. The normalized spacial score (nSPS) is 13.9. The number of benzene rings is 2. The Morgan fingerprint density at radius 3 is 2.02 bits per heavy atom. The maximum atomic E-state index is 9.92. The van der Waals surface area contributed by atoms with Crippen molar-refractivity contribution in [2.24, 2.45) is 5.92 Å². The number of fused-ring (bicyclic) bond motifs is 2. The van der Waals surface area contributed by atoms with Crippen LogP contribution in [0, 0.1) is 28.6 Å². The van der Waals surface area contributed by atoms with Crippen molar-refractivity contribution in [3.05, 3.63) is 126 Å². The molecule has 2 N–H and O–H groups in total. The fourth-order valence-electron chi connectivity index (χ4n) is 7.56. The topological polar surface area (TPSA) is 172 Å². The second-order valence-corrected chi connectivity index (χ2v) is 14.1. The molecular weight excluding hydrogens is 711 g/mol. The standard InChI is InChI=1S/C22H21N7.C22H26N6/c1-2-29-20-8-4-3-7-18(20)28-22(29)17(13-23)19-12-21(27-15-26-19)25-11-9-16-6-5-10-24-14-16;1-2-28-20-11-7-6-10-19(20)26-21(28)17(14-23)18-12-13-24-22(27-18)25-15-16-8-4-3-5-9-16/h3-8,10,12,14-15,17H,2,9,11H2,1H3,(H,25,26,27);6-7,10-13,16-17H,2-5,8-9,15H2,1H3,(H,24,25,27). The van der Waals surface area contributed by atoms with Gasteiger partial charge in [0, 0.05) is 50.8 Å². The molecule has 2 aromatic carbocycles. The predicted molar refractivity (Wildman–Crippen MR) is 221 cm³/mol. The first-order chi connectivity index (χ1) is 28.1. The third-order valence-electron chi connectivity index (χ3n) is 10.4. The zero-order chi connectivity index (χ0) is 39.4. The molecule has 0 aliphatic heterocycles. The van der Waals surface area contributed by atoms with Gasteiger partial charge in [0.1, 0.15) is 35.6 Å². The van der Waals surface area contributed by atoms with E-state index >= 15 is 0 Å². The Balaban J connectivity index is 0.000000174. The van der Waals surface area contributed by atoms with E-state index in [2.05, 4.69) is 70.7 Å². The fraction of sp³-hybridized carbons (Fsp3) is 0.341. The molecule has 1 fully saturated rings. The van der Waals surface area contributed by atoms with Crippen LogP contribution in [0.25, 0.3) is 22.1 Å². The molecule has 5 aromatic heterocycles. The van der Waals surface area contributed by atoms with E-state index in [1.54, 1.807) is 12.4 Å². The maximum absolute atomic E-state index is 9.92. The highest BCUT2D eigenvalue weighted by molar-refractivity contribution is 5.77. The van der Waals surface area contributed by atoms with Gasteiger partial charge in [0.15, 0.2) is 0 Å². The van der Waals surface area contributed by atoms with Crippen molar-refractivity contribution in [1.29, 1.82) is 10.5 Å². The predicted octanol–water partition coefficient (Wildman–Crippen LogP) is 8.05. The molecular formula is C44H47N13. The number of anilines is 2. The molecule has 0 radical (unpaired) electrons. The van der Waals surface area contributed by atoms with E-state index in [1.165, 1.54) is 38.4 Å². The summed E-state index contributed by atoms with van der Waals surface area (Å²) in [6, 6.07) is 28.3. The first-order valence-electron chi connectivity index (χ1n) is 19.8. The first kappa shape index (κ1) is 38.5. The molecule has 8 rings (SSSR count). The van der Waals surface area contributed by atoms with Gasteiger partial charge in [0.25, 0.3) is 0 Å². The van der Waals surface area contributed by atoms with E-state index in [-0.39, 0.29) is 0 Å². The number of imidazole rings is 2. The van der Waals surface area contributed by atoms with Crippen LogP contribution in [-0.2, 0) is 19.5 Å². The van der Waals surface area contributed by atoms with Crippen LogP contribution in [0.4, 0.5) is 11.8 Å². The number of pyridine rings is 1. The lowest BCUT2D eigenvalue weighted by atomic mass is 9.89. The fourth-order valence-corrected chi connectivity index (χ4v) is 7.56. The second-order valence-electron chi connectivity index (χ2n) is 14.1. The van der Waals surface area contributed by atoms with E-state index in [1.807, 2.05) is 79.0 Å². The van der Waals surface area contributed by atoms with Crippen molar-refractivity contribution in [3.63, 3.8) is 0 Å². The van der Waals surface area contributed by atoms with Crippen LogP contribution in [0.2, 0.25) is 0 Å². The number of hydrogen-bond donors (Lipinski definition) is 2. The number of aromatic nitrogens is 9. The van der Waals surface area contributed by atoms with Crippen molar-refractivity contribution in [1.82, 2.24) is 44.0 Å². The van der Waals surface area contributed by atoms with Crippen LogP contribution in [-0.4, -0.2) is 57.1 Å². The summed E-state index contributed by atoms with van der Waals surface area (Å²) < 4.78 is 4.17. The molecule has 13 heteroatoms. The SMILES string of the molecule is CCn1c(C(C#N)c2cc(NCCc3cccnc3)ncn2)nc2ccccc21.CCn1c(C(C#N)c2ccnc(NCC3CCCCC3)n2)nc2ccccc21. The summed E-state index contributed by atoms with van der Waals surface area (Å²) in [6.07, 6.45) is 14.2. The molecule has 2 unspecified atom stereocenters. The molecule has 1 aliphatic carbocycles. The largest absolute Gasteiger partial charge is 0.370 e. The minimum atomic E-state index is -0.566. The molecule has 13 nitrogen and oxygen atoms in total. The van der Waals surface area contributed by atoms with Crippen LogP contribution in [0.1, 0.15) is 86.4 Å². The van der Waals surface area contributed by atoms with Crippen molar-refractivity contribution in [2.45, 2.75) is 77.3 Å². The number of nitriles is 2. The highest BCUT2D eigenvalue weighted by atomic mass is 15.1. The van der Waals surface area contributed by atoms with Crippen LogP contribution in [0.3, 0.4) is 0 Å². The molecule has 1 saturated carbocycles. The first-order valence-corrected chi connectivity index (χ1v) is 19.8. The Morgan fingerprint density at radius 2 is 1.39 bits per heavy atom. The monoisotopic (exact) mass is 757 g/mol. The van der Waals surface area contributed by atoms with E-state index in [4.69, 9.17) is 9.97 Å². The van der Waals surface area contributed by atoms with Crippen LogP contribution < -0.4 is 10.6 Å². The number of nitrogens with zero attached hydrogens (tertiary/aromatic N) is 11. The van der Waals surface area contributed by atoms with E-state index < -0.39 is 11.8 Å². The molecule has 2 atom stereocenters. The number of para-hydroxylation sites is 4. The van der Waals surface area contributed by atoms with Crippen molar-refractivity contribution in [3.8, 4) is 12.1 Å². The van der Waals surface area contributed by atoms with Crippen molar-refractivity contribution >= 4 is 33.8 Å². The third-order valence-corrected chi connectivity index (χ3v) is 10.4. The summed E-state index contributed by atoms with van der Waals surface area (Å²) in [7, 11) is 0. The highest BCUT2D eigenvalue weighted by Gasteiger charge is 2.25. The lowest BCUT2D eigenvalue weighted by Crippen LogP contribution is -2.19. The zero-order valence-corrected chi connectivity index (χ0v) is 32.5. The molecule has 57 heavy (non-hydrogen) atoms. The Morgan fingerprint density at radius 1 is 0.719 bits per heavy atom. The molecule has 0 saturated heterocycles. The maximum Gasteiger partial charge on any atom is 0.222 e. The summed E-state index contributed by atoms with van der Waals surface area (Å²) in [4.78, 5) is 31.2. The summed E-state index contributed by atoms with van der Waals surface area (Å²) in [5.41, 5.74) is 6.34. The number of hydrogen-bond acceptors (Lipinski definition) is 11. The molecule has 0 amide bonds. The van der Waals surface area contributed by atoms with Gasteiger partial charge < -0.3 is 19.8 Å². The van der Waals surface area contributed by atoms with Gasteiger partial charge in [-0.1, -0.05) is 49.6 Å². The van der Waals surface area contributed by atoms with Crippen LogP contribution >= 0.6 is 0 Å². The Labute approximate surface area is 332 Å². The van der Waals surface area contributed by atoms with Crippen LogP contribution in [0.15, 0.2) is 97.7 Å². The summed E-state index contributed by atoms with van der Waals surface area (Å²) in [6.45, 7) is 7.23. The molecule has 5 heterocycles. The third kappa shape index (κ3) is 9.05. The smallest absolute Gasteiger partial charge is 0.222 e. The van der Waals surface area contributed by atoms with E-state index in [0.29, 0.717) is 41.4 Å². The summed E-state index contributed by atoms with van der Waals surface area (Å²) >= 11 is 0. The molecule has 0 spiro atoms. The van der Waals surface area contributed by atoms with Gasteiger partial charge in [0.2, 0.25) is 5.95 Å². The minimum Gasteiger partial charge on any atom is -0.370 e. The molecule has 288 valence electrons. The van der Waals surface area contributed by atoms with E-state index in [0.717, 1.165) is 59.5 Å². The van der Waals surface area contributed by atoms with Crippen molar-refractivity contribution < 1.29 is 0 Å².